The van der Waals surface area contributed by atoms with Gasteiger partial charge in [-0.1, -0.05) is 30.3 Å². The van der Waals surface area contributed by atoms with Gasteiger partial charge in [0, 0.05) is 30.2 Å². The van der Waals surface area contributed by atoms with Gasteiger partial charge in [0.25, 0.3) is 11.8 Å². The number of amides is 2. The van der Waals surface area contributed by atoms with E-state index in [0.29, 0.717) is 22.6 Å². The third kappa shape index (κ3) is 7.08. The first-order valence-electron chi connectivity index (χ1n) is 13.8. The van der Waals surface area contributed by atoms with E-state index in [-0.39, 0.29) is 28.0 Å². The summed E-state index contributed by atoms with van der Waals surface area (Å²) < 4.78 is 16.5. The summed E-state index contributed by atoms with van der Waals surface area (Å²) in [4.78, 5) is 43.3. The molecule has 5 aromatic rings. The van der Waals surface area contributed by atoms with Gasteiger partial charge < -0.3 is 24.5 Å². The highest BCUT2D eigenvalue weighted by molar-refractivity contribution is 6.12. The fraction of sp³-hybridized carbons (Fsp3) is 0.176. The van der Waals surface area contributed by atoms with Crippen LogP contribution in [-0.2, 0) is 12.8 Å². The molecule has 2 heterocycles. The van der Waals surface area contributed by atoms with Crippen LogP contribution in [0.15, 0.2) is 100 Å². The van der Waals surface area contributed by atoms with Crippen molar-refractivity contribution in [3.05, 3.63) is 124 Å². The lowest BCUT2D eigenvalue weighted by Crippen LogP contribution is -2.19. The first kappa shape index (κ1) is 29.1. The molecular formula is C34H31N3O6. The molecule has 0 atom stereocenters. The number of pyridine rings is 1. The summed E-state index contributed by atoms with van der Waals surface area (Å²) in [6.07, 6.45) is 7.67. The van der Waals surface area contributed by atoms with Crippen LogP contribution < -0.4 is 25.5 Å². The monoisotopic (exact) mass is 577 g/mol. The summed E-state index contributed by atoms with van der Waals surface area (Å²) in [7, 11) is 2.91. The van der Waals surface area contributed by atoms with E-state index in [1.165, 1.54) is 37.5 Å². The van der Waals surface area contributed by atoms with Gasteiger partial charge in [-0.25, -0.2) is 0 Å². The second-order valence-corrected chi connectivity index (χ2v) is 9.90. The Labute approximate surface area is 248 Å². The van der Waals surface area contributed by atoms with E-state index in [0.717, 1.165) is 31.7 Å². The maximum absolute atomic E-state index is 13.4. The Morgan fingerprint density at radius 1 is 0.791 bits per heavy atom. The molecule has 43 heavy (non-hydrogen) atoms. The van der Waals surface area contributed by atoms with Crippen LogP contribution >= 0.6 is 0 Å². The van der Waals surface area contributed by atoms with Crippen LogP contribution in [0.2, 0.25) is 0 Å². The van der Waals surface area contributed by atoms with Crippen LogP contribution in [-0.4, -0.2) is 31.0 Å². The number of hydrogen-bond donors (Lipinski definition) is 2. The molecule has 218 valence electrons. The summed E-state index contributed by atoms with van der Waals surface area (Å²) in [6.45, 7) is 0. The molecule has 5 rings (SSSR count). The van der Waals surface area contributed by atoms with Crippen LogP contribution in [0.25, 0.3) is 11.0 Å². The molecule has 0 bridgehead atoms. The quantitative estimate of drug-likeness (QED) is 0.177. The van der Waals surface area contributed by atoms with Crippen molar-refractivity contribution in [2.45, 2.75) is 25.7 Å². The molecular weight excluding hydrogens is 546 g/mol. The van der Waals surface area contributed by atoms with Gasteiger partial charge >= 0.3 is 0 Å². The van der Waals surface area contributed by atoms with Gasteiger partial charge in [0.15, 0.2) is 22.7 Å². The Bertz CT molecular complexity index is 1800. The van der Waals surface area contributed by atoms with Crippen molar-refractivity contribution in [1.82, 2.24) is 4.98 Å². The number of carbonyl (C=O) groups excluding carboxylic acids is 2. The normalized spacial score (nSPS) is 10.7. The maximum Gasteiger partial charge on any atom is 0.291 e. The number of unbranched alkanes of at least 4 members (excludes halogenated alkanes) is 1. The van der Waals surface area contributed by atoms with Crippen LogP contribution in [0.4, 0.5) is 11.4 Å². The van der Waals surface area contributed by atoms with Crippen molar-refractivity contribution in [3.63, 3.8) is 0 Å². The molecule has 2 aromatic heterocycles. The SMILES string of the molecule is COc1cc(NC(=O)c2cc(=O)c3ccccc3o2)c(C(=O)Nc2ccc(CCCCc3cccnc3)cc2)cc1OC. The Kier molecular flexibility index (Phi) is 9.11. The van der Waals surface area contributed by atoms with Gasteiger partial charge in [-0.3, -0.25) is 19.4 Å². The van der Waals surface area contributed by atoms with Crippen molar-refractivity contribution in [3.8, 4) is 11.5 Å². The summed E-state index contributed by atoms with van der Waals surface area (Å²) >= 11 is 0. The Morgan fingerprint density at radius 2 is 1.51 bits per heavy atom. The average molecular weight is 578 g/mol. The highest BCUT2D eigenvalue weighted by Crippen LogP contribution is 2.34. The number of nitrogens with one attached hydrogen (secondary N) is 2. The van der Waals surface area contributed by atoms with Gasteiger partial charge in [0.2, 0.25) is 0 Å². The number of fused-ring (bicyclic) bond motifs is 1. The number of hydrogen-bond acceptors (Lipinski definition) is 7. The maximum atomic E-state index is 13.4. The minimum atomic E-state index is -0.697. The molecule has 0 fully saturated rings. The number of anilines is 2. The van der Waals surface area contributed by atoms with E-state index in [2.05, 4.69) is 21.7 Å². The summed E-state index contributed by atoms with van der Waals surface area (Å²) in [5.41, 5.74) is 3.20. The van der Waals surface area contributed by atoms with Gasteiger partial charge in [0.05, 0.1) is 30.9 Å². The van der Waals surface area contributed by atoms with Crippen LogP contribution in [0.3, 0.4) is 0 Å². The number of benzene rings is 3. The minimum Gasteiger partial charge on any atom is -0.493 e. The second kappa shape index (κ2) is 13.5. The zero-order valence-electron chi connectivity index (χ0n) is 23.9. The van der Waals surface area contributed by atoms with E-state index >= 15 is 0 Å². The summed E-state index contributed by atoms with van der Waals surface area (Å²) in [5.74, 6) is -0.745. The predicted molar refractivity (Wildman–Crippen MR) is 165 cm³/mol. The molecule has 2 amide bonds. The molecule has 3 aromatic carbocycles. The van der Waals surface area contributed by atoms with Crippen molar-refractivity contribution in [1.29, 1.82) is 0 Å². The largest absolute Gasteiger partial charge is 0.493 e. The number of aromatic nitrogens is 1. The third-order valence-electron chi connectivity index (χ3n) is 6.99. The highest BCUT2D eigenvalue weighted by atomic mass is 16.5. The van der Waals surface area contributed by atoms with Gasteiger partial charge in [0.1, 0.15) is 5.58 Å². The van der Waals surface area contributed by atoms with Gasteiger partial charge in [-0.15, -0.1) is 0 Å². The first-order chi connectivity index (χ1) is 20.9. The zero-order valence-corrected chi connectivity index (χ0v) is 23.9. The fourth-order valence-corrected chi connectivity index (χ4v) is 4.73. The fourth-order valence-electron chi connectivity index (χ4n) is 4.73. The molecule has 0 unspecified atom stereocenters. The smallest absolute Gasteiger partial charge is 0.291 e. The minimum absolute atomic E-state index is 0.133. The average Bonchev–Trinajstić information content (AvgIpc) is 3.04. The lowest BCUT2D eigenvalue weighted by molar-refractivity contribution is 0.0997. The van der Waals surface area contributed by atoms with Gasteiger partial charge in [-0.05, 0) is 73.2 Å². The number of aryl methyl sites for hydroxylation is 2. The van der Waals surface area contributed by atoms with Crippen molar-refractivity contribution in [2.75, 3.05) is 24.9 Å². The highest BCUT2D eigenvalue weighted by Gasteiger charge is 2.21. The first-order valence-corrected chi connectivity index (χ1v) is 13.8. The number of ether oxygens (including phenoxy) is 2. The molecule has 0 saturated heterocycles. The third-order valence-corrected chi connectivity index (χ3v) is 6.99. The Morgan fingerprint density at radius 3 is 2.23 bits per heavy atom. The van der Waals surface area contributed by atoms with Crippen LogP contribution in [0.1, 0.15) is 44.9 Å². The number of rotatable bonds is 11. The Hall–Kier alpha value is -5.44. The predicted octanol–water partition coefficient (Wildman–Crippen LogP) is 6.28. The lowest BCUT2D eigenvalue weighted by atomic mass is 10.0. The number of nitrogens with zero attached hydrogens (tertiary/aromatic N) is 1. The molecule has 0 saturated carbocycles. The van der Waals surface area contributed by atoms with E-state index in [9.17, 15) is 14.4 Å². The van der Waals surface area contributed by atoms with Gasteiger partial charge in [-0.2, -0.15) is 0 Å². The molecule has 0 aliphatic carbocycles. The molecule has 2 N–H and O–H groups in total. The zero-order chi connectivity index (χ0) is 30.2. The Balaban J connectivity index is 1.30. The number of para-hydroxylation sites is 1. The molecule has 0 radical (unpaired) electrons. The van der Waals surface area contributed by atoms with Crippen molar-refractivity contribution >= 4 is 34.2 Å². The van der Waals surface area contributed by atoms with Crippen molar-refractivity contribution < 1.29 is 23.5 Å². The summed E-state index contributed by atoms with van der Waals surface area (Å²) in [5, 5.41) is 5.93. The number of methoxy groups -OCH3 is 2. The van der Waals surface area contributed by atoms with Crippen LogP contribution in [0.5, 0.6) is 11.5 Å². The standard InChI is InChI=1S/C34H31N3O6/c1-41-30-18-26(33(39)36-24-15-13-22(14-16-24)8-3-4-9-23-10-7-17-35-21-23)27(19-31(30)42-2)37-34(40)32-20-28(38)25-11-5-6-12-29(25)43-32/h5-7,10-21H,3-4,8-9H2,1-2H3,(H,36,39)(H,37,40). The van der Waals surface area contributed by atoms with Crippen molar-refractivity contribution in [2.24, 2.45) is 0 Å². The molecule has 0 aliphatic rings. The molecule has 9 heteroatoms. The number of carbonyl (C=O) groups is 2. The van der Waals surface area contributed by atoms with E-state index in [1.54, 1.807) is 30.5 Å². The van der Waals surface area contributed by atoms with E-state index < -0.39 is 11.8 Å². The lowest BCUT2D eigenvalue weighted by Gasteiger charge is -2.16. The van der Waals surface area contributed by atoms with E-state index in [4.69, 9.17) is 13.9 Å². The van der Waals surface area contributed by atoms with Crippen LogP contribution in [0, 0.1) is 0 Å². The molecule has 0 aliphatic heterocycles. The second-order valence-electron chi connectivity index (χ2n) is 9.90. The van der Waals surface area contributed by atoms with E-state index in [1.807, 2.05) is 36.5 Å². The summed E-state index contributed by atoms with van der Waals surface area (Å²) in [6, 6.07) is 22.4. The molecule has 0 spiro atoms. The topological polar surface area (TPSA) is 120 Å². The molecule has 9 nitrogen and oxygen atoms in total.